The molecule has 6 nitrogen and oxygen atoms in total. The minimum Gasteiger partial charge on any atom is -0.274 e. The Morgan fingerprint density at radius 3 is 2.23 bits per heavy atom. The Hall–Kier alpha value is -2.99. The lowest BCUT2D eigenvalue weighted by molar-refractivity contribution is 0.759. The predicted molar refractivity (Wildman–Crippen MR) is 103 cm³/mol. The molecule has 3 aromatic rings. The lowest BCUT2D eigenvalue weighted by Gasteiger charge is -2.18. The monoisotopic (exact) mass is 349 g/mol. The van der Waals surface area contributed by atoms with Gasteiger partial charge in [0.15, 0.2) is 0 Å². The van der Waals surface area contributed by atoms with Gasteiger partial charge in [-0.25, -0.2) is 15.6 Å². The van der Waals surface area contributed by atoms with Gasteiger partial charge in [0.1, 0.15) is 6.33 Å². The molecule has 26 heavy (non-hydrogen) atoms. The van der Waals surface area contributed by atoms with Crippen molar-refractivity contribution in [1.29, 1.82) is 0 Å². The lowest BCUT2D eigenvalue weighted by atomic mass is 10.0. The van der Waals surface area contributed by atoms with Gasteiger partial charge >= 0.3 is 5.69 Å². The Morgan fingerprint density at radius 1 is 1.00 bits per heavy atom. The van der Waals surface area contributed by atoms with Gasteiger partial charge < -0.3 is 0 Å². The molecule has 0 saturated heterocycles. The van der Waals surface area contributed by atoms with Crippen LogP contribution in [0.1, 0.15) is 30.5 Å². The maximum Gasteiger partial charge on any atom is 0.356 e. The summed E-state index contributed by atoms with van der Waals surface area (Å²) in [5.74, 6) is 6.27. The van der Waals surface area contributed by atoms with Crippen molar-refractivity contribution in [3.05, 3.63) is 82.0 Å². The van der Waals surface area contributed by atoms with E-state index in [4.69, 9.17) is 5.84 Å². The zero-order valence-electron chi connectivity index (χ0n) is 15.1. The Balaban J connectivity index is 1.95. The van der Waals surface area contributed by atoms with Crippen LogP contribution in [-0.2, 0) is 19.4 Å². The minimum absolute atomic E-state index is 0.210. The second-order valence-electron chi connectivity index (χ2n) is 6.05. The number of nitrogens with zero attached hydrogens (tertiary/aromatic N) is 4. The summed E-state index contributed by atoms with van der Waals surface area (Å²) in [6.07, 6.45) is 3.17. The van der Waals surface area contributed by atoms with E-state index >= 15 is 0 Å². The smallest absolute Gasteiger partial charge is 0.274 e. The van der Waals surface area contributed by atoms with Gasteiger partial charge in [-0.05, 0) is 29.5 Å². The molecule has 3 rings (SSSR count). The lowest BCUT2D eigenvalue weighted by Crippen LogP contribution is -2.35. The second-order valence-corrected chi connectivity index (χ2v) is 6.05. The van der Waals surface area contributed by atoms with E-state index in [1.807, 2.05) is 48.5 Å². The number of benzene rings is 2. The van der Waals surface area contributed by atoms with Gasteiger partial charge in [0.2, 0.25) is 5.95 Å². The predicted octanol–water partition coefficient (Wildman–Crippen LogP) is 2.63. The van der Waals surface area contributed by atoms with Crippen LogP contribution in [0.15, 0.2) is 59.7 Å². The largest absolute Gasteiger partial charge is 0.356 e. The zero-order chi connectivity index (χ0) is 18.5. The van der Waals surface area contributed by atoms with Crippen molar-refractivity contribution in [2.75, 3.05) is 5.01 Å². The number of aryl methyl sites for hydroxylation is 2. The fraction of sp³-hybridized carbons (Fsp3) is 0.250. The number of hydrogen-bond donors (Lipinski definition) is 1. The third-order valence-corrected chi connectivity index (χ3v) is 4.35. The summed E-state index contributed by atoms with van der Waals surface area (Å²) in [7, 11) is 0. The molecule has 0 fully saturated rings. The van der Waals surface area contributed by atoms with Crippen LogP contribution in [-0.4, -0.2) is 14.5 Å². The van der Waals surface area contributed by atoms with Gasteiger partial charge in [-0.3, -0.25) is 9.58 Å². The van der Waals surface area contributed by atoms with E-state index in [9.17, 15) is 4.79 Å². The molecule has 0 aliphatic heterocycles. The van der Waals surface area contributed by atoms with E-state index < -0.39 is 0 Å². The average Bonchev–Trinajstić information content (AvgIpc) is 2.68. The van der Waals surface area contributed by atoms with Gasteiger partial charge in [-0.15, -0.1) is 0 Å². The Labute approximate surface area is 152 Å². The summed E-state index contributed by atoms with van der Waals surface area (Å²) >= 11 is 0. The normalized spacial score (nSPS) is 10.7. The number of rotatable bonds is 6. The van der Waals surface area contributed by atoms with Crippen molar-refractivity contribution in [1.82, 2.24) is 14.5 Å². The highest BCUT2D eigenvalue weighted by atomic mass is 16.1. The topological polar surface area (TPSA) is 77.0 Å². The molecule has 0 aliphatic carbocycles. The van der Waals surface area contributed by atoms with Gasteiger partial charge in [-0.2, -0.15) is 4.98 Å². The van der Waals surface area contributed by atoms with Crippen molar-refractivity contribution in [2.24, 2.45) is 5.84 Å². The summed E-state index contributed by atoms with van der Waals surface area (Å²) in [4.78, 5) is 21.1. The number of hydrazine groups is 1. The van der Waals surface area contributed by atoms with Crippen molar-refractivity contribution in [2.45, 2.75) is 33.2 Å². The third-order valence-electron chi connectivity index (χ3n) is 4.35. The van der Waals surface area contributed by atoms with Crippen LogP contribution in [0.2, 0.25) is 0 Å². The molecule has 0 saturated carbocycles. The number of aromatic nitrogens is 3. The molecule has 1 heterocycles. The summed E-state index contributed by atoms with van der Waals surface area (Å²) in [5, 5.41) is 1.38. The SMILES string of the molecule is CCc1cccc(CC)c1-n1cnc(N(N)Cc2ccccc2)nc1=O. The summed E-state index contributed by atoms with van der Waals surface area (Å²) < 4.78 is 1.51. The van der Waals surface area contributed by atoms with E-state index in [2.05, 4.69) is 23.8 Å². The van der Waals surface area contributed by atoms with Crippen LogP contribution in [0, 0.1) is 0 Å². The highest BCUT2D eigenvalue weighted by Crippen LogP contribution is 2.20. The van der Waals surface area contributed by atoms with E-state index in [0.717, 1.165) is 35.2 Å². The van der Waals surface area contributed by atoms with Gasteiger partial charge in [-0.1, -0.05) is 62.4 Å². The molecular weight excluding hydrogens is 326 g/mol. The van der Waals surface area contributed by atoms with Crippen molar-refractivity contribution < 1.29 is 0 Å². The first-order valence-corrected chi connectivity index (χ1v) is 8.77. The van der Waals surface area contributed by atoms with Gasteiger partial charge in [0.25, 0.3) is 0 Å². The zero-order valence-corrected chi connectivity index (χ0v) is 15.1. The van der Waals surface area contributed by atoms with E-state index in [0.29, 0.717) is 6.54 Å². The first-order valence-electron chi connectivity index (χ1n) is 8.77. The number of anilines is 1. The fourth-order valence-electron chi connectivity index (χ4n) is 2.99. The van der Waals surface area contributed by atoms with Gasteiger partial charge in [0, 0.05) is 0 Å². The van der Waals surface area contributed by atoms with Gasteiger partial charge in [0.05, 0.1) is 12.2 Å². The molecule has 0 bridgehead atoms. The molecule has 134 valence electrons. The molecule has 6 heteroatoms. The number of hydrogen-bond acceptors (Lipinski definition) is 5. The van der Waals surface area contributed by atoms with E-state index in [-0.39, 0.29) is 11.6 Å². The molecule has 0 atom stereocenters. The third kappa shape index (κ3) is 3.65. The van der Waals surface area contributed by atoms with Crippen LogP contribution < -0.4 is 16.5 Å². The average molecular weight is 349 g/mol. The number of para-hydroxylation sites is 1. The van der Waals surface area contributed by atoms with Crippen LogP contribution >= 0.6 is 0 Å². The maximum atomic E-state index is 12.7. The molecule has 0 amide bonds. The van der Waals surface area contributed by atoms with Crippen molar-refractivity contribution in [3.8, 4) is 5.69 Å². The summed E-state index contributed by atoms with van der Waals surface area (Å²) in [5.41, 5.74) is 3.70. The summed E-state index contributed by atoms with van der Waals surface area (Å²) in [6, 6.07) is 15.8. The fourth-order valence-corrected chi connectivity index (χ4v) is 2.99. The van der Waals surface area contributed by atoms with Crippen LogP contribution in [0.3, 0.4) is 0 Å². The van der Waals surface area contributed by atoms with E-state index in [1.54, 1.807) is 0 Å². The standard InChI is InChI=1S/C20H23N5O/c1-3-16-11-8-12-17(4-2)18(16)24-14-22-19(23-20(24)26)25(21)13-15-9-6-5-7-10-15/h5-12,14H,3-4,13,21H2,1-2H3. The van der Waals surface area contributed by atoms with Crippen LogP contribution in [0.25, 0.3) is 5.69 Å². The highest BCUT2D eigenvalue weighted by molar-refractivity contribution is 5.48. The molecule has 2 N–H and O–H groups in total. The van der Waals surface area contributed by atoms with Crippen molar-refractivity contribution in [3.63, 3.8) is 0 Å². The second kappa shape index (κ2) is 7.93. The minimum atomic E-state index is -0.380. The Morgan fingerprint density at radius 2 is 1.65 bits per heavy atom. The van der Waals surface area contributed by atoms with Crippen LogP contribution in [0.4, 0.5) is 5.95 Å². The Kier molecular flexibility index (Phi) is 5.43. The van der Waals surface area contributed by atoms with Crippen molar-refractivity contribution >= 4 is 5.95 Å². The first-order chi connectivity index (χ1) is 12.6. The van der Waals surface area contributed by atoms with E-state index in [1.165, 1.54) is 15.9 Å². The molecule has 0 radical (unpaired) electrons. The molecule has 0 aliphatic rings. The molecule has 2 aromatic carbocycles. The molecule has 1 aromatic heterocycles. The summed E-state index contributed by atoms with van der Waals surface area (Å²) in [6.45, 7) is 4.57. The molecule has 0 unspecified atom stereocenters. The quantitative estimate of drug-likeness (QED) is 0.547. The molecular formula is C20H23N5O. The first kappa shape index (κ1) is 17.8. The maximum absolute atomic E-state index is 12.7. The van der Waals surface area contributed by atoms with Crippen LogP contribution in [0.5, 0.6) is 0 Å². The highest BCUT2D eigenvalue weighted by Gasteiger charge is 2.13. The molecule has 0 spiro atoms. The Bertz CT molecular complexity index is 914. The number of nitrogens with two attached hydrogens (primary N) is 1.